The van der Waals surface area contributed by atoms with Gasteiger partial charge in [-0.15, -0.1) is 11.6 Å². The van der Waals surface area contributed by atoms with Crippen LogP contribution in [0, 0.1) is 0 Å². The number of amides is 1. The standard InChI is InChI=1S/C14H10Cl3NO/c15-8-9-2-1-3-13(4-9)18-14(19)10-5-11(16)7-12(17)6-10/h1-7H,8H2,(H,18,19). The predicted molar refractivity (Wildman–Crippen MR) is 80.4 cm³/mol. The van der Waals surface area contributed by atoms with Crippen LogP contribution < -0.4 is 5.32 Å². The Bertz CT molecular complexity index is 593. The number of benzene rings is 2. The van der Waals surface area contributed by atoms with E-state index in [9.17, 15) is 4.79 Å². The fraction of sp³-hybridized carbons (Fsp3) is 0.0714. The lowest BCUT2D eigenvalue weighted by atomic mass is 10.2. The summed E-state index contributed by atoms with van der Waals surface area (Å²) in [6.45, 7) is 0. The number of halogens is 3. The van der Waals surface area contributed by atoms with Gasteiger partial charge in [0, 0.05) is 27.2 Å². The minimum Gasteiger partial charge on any atom is -0.322 e. The van der Waals surface area contributed by atoms with Crippen molar-refractivity contribution in [2.75, 3.05) is 5.32 Å². The topological polar surface area (TPSA) is 29.1 Å². The third-order valence-electron chi connectivity index (χ3n) is 2.46. The molecule has 1 amide bonds. The van der Waals surface area contributed by atoms with E-state index in [0.29, 0.717) is 27.2 Å². The maximum Gasteiger partial charge on any atom is 0.255 e. The zero-order chi connectivity index (χ0) is 13.8. The van der Waals surface area contributed by atoms with E-state index >= 15 is 0 Å². The lowest BCUT2D eigenvalue weighted by Crippen LogP contribution is -2.12. The number of nitrogens with one attached hydrogen (secondary N) is 1. The van der Waals surface area contributed by atoms with Crippen LogP contribution in [-0.2, 0) is 5.88 Å². The van der Waals surface area contributed by atoms with Crippen LogP contribution in [0.2, 0.25) is 10.0 Å². The molecular formula is C14H10Cl3NO. The van der Waals surface area contributed by atoms with E-state index in [2.05, 4.69) is 5.32 Å². The van der Waals surface area contributed by atoms with Gasteiger partial charge in [-0.2, -0.15) is 0 Å². The number of carbonyl (C=O) groups is 1. The Hall–Kier alpha value is -1.22. The maximum absolute atomic E-state index is 12.1. The minimum absolute atomic E-state index is 0.267. The summed E-state index contributed by atoms with van der Waals surface area (Å²) in [6, 6.07) is 12.0. The summed E-state index contributed by atoms with van der Waals surface area (Å²) in [5.41, 5.74) is 2.02. The molecule has 2 nitrogen and oxygen atoms in total. The highest BCUT2D eigenvalue weighted by Crippen LogP contribution is 2.20. The first kappa shape index (κ1) is 14.2. The van der Waals surface area contributed by atoms with Crippen molar-refractivity contribution < 1.29 is 4.79 Å². The van der Waals surface area contributed by atoms with Crippen LogP contribution in [0.4, 0.5) is 5.69 Å². The molecule has 0 aromatic heterocycles. The van der Waals surface area contributed by atoms with E-state index in [4.69, 9.17) is 34.8 Å². The molecule has 0 unspecified atom stereocenters. The van der Waals surface area contributed by atoms with Crippen LogP contribution in [0.5, 0.6) is 0 Å². The maximum atomic E-state index is 12.1. The second-order valence-corrected chi connectivity index (χ2v) is 5.09. The highest BCUT2D eigenvalue weighted by Gasteiger charge is 2.08. The van der Waals surface area contributed by atoms with E-state index in [1.54, 1.807) is 24.3 Å². The summed E-state index contributed by atoms with van der Waals surface area (Å²) in [6.07, 6.45) is 0. The summed E-state index contributed by atoms with van der Waals surface area (Å²) in [5.74, 6) is 0.128. The Balaban J connectivity index is 2.20. The molecule has 2 rings (SSSR count). The molecule has 0 fully saturated rings. The molecule has 0 radical (unpaired) electrons. The van der Waals surface area contributed by atoms with Crippen molar-refractivity contribution in [1.82, 2.24) is 0 Å². The van der Waals surface area contributed by atoms with Crippen molar-refractivity contribution in [3.8, 4) is 0 Å². The van der Waals surface area contributed by atoms with Gasteiger partial charge in [-0.3, -0.25) is 4.79 Å². The van der Waals surface area contributed by atoms with Gasteiger partial charge in [0.05, 0.1) is 0 Å². The molecule has 0 saturated heterocycles. The van der Waals surface area contributed by atoms with Crippen LogP contribution in [0.1, 0.15) is 15.9 Å². The zero-order valence-electron chi connectivity index (χ0n) is 9.79. The fourth-order valence-corrected chi connectivity index (χ4v) is 2.31. The first-order valence-corrected chi connectivity index (χ1v) is 6.80. The van der Waals surface area contributed by atoms with E-state index in [1.807, 2.05) is 18.2 Å². The van der Waals surface area contributed by atoms with Crippen molar-refractivity contribution in [1.29, 1.82) is 0 Å². The lowest BCUT2D eigenvalue weighted by molar-refractivity contribution is 0.102. The van der Waals surface area contributed by atoms with Crippen molar-refractivity contribution >= 4 is 46.4 Å². The Morgan fingerprint density at radius 1 is 1.05 bits per heavy atom. The second-order valence-electron chi connectivity index (χ2n) is 3.95. The van der Waals surface area contributed by atoms with Crippen LogP contribution >= 0.6 is 34.8 Å². The highest BCUT2D eigenvalue weighted by molar-refractivity contribution is 6.35. The normalized spacial score (nSPS) is 10.3. The Kier molecular flexibility index (Phi) is 4.70. The molecule has 1 N–H and O–H groups in total. The number of anilines is 1. The van der Waals surface area contributed by atoms with Gasteiger partial charge in [-0.05, 0) is 35.9 Å². The molecule has 0 aliphatic heterocycles. The van der Waals surface area contributed by atoms with Gasteiger partial charge in [0.15, 0.2) is 0 Å². The van der Waals surface area contributed by atoms with Gasteiger partial charge >= 0.3 is 0 Å². The molecule has 0 aliphatic carbocycles. The monoisotopic (exact) mass is 313 g/mol. The molecule has 0 saturated carbocycles. The zero-order valence-corrected chi connectivity index (χ0v) is 12.1. The molecule has 98 valence electrons. The van der Waals surface area contributed by atoms with Crippen LogP contribution in [-0.4, -0.2) is 5.91 Å². The second kappa shape index (κ2) is 6.29. The summed E-state index contributed by atoms with van der Waals surface area (Å²) in [4.78, 5) is 12.1. The van der Waals surface area contributed by atoms with E-state index in [0.717, 1.165) is 5.56 Å². The summed E-state index contributed by atoms with van der Waals surface area (Å²) in [7, 11) is 0. The van der Waals surface area contributed by atoms with Gasteiger partial charge in [0.25, 0.3) is 5.91 Å². The number of carbonyl (C=O) groups excluding carboxylic acids is 1. The van der Waals surface area contributed by atoms with E-state index in [1.165, 1.54) is 0 Å². The molecule has 19 heavy (non-hydrogen) atoms. The average Bonchev–Trinajstić information content (AvgIpc) is 2.37. The Labute approximate surface area is 126 Å². The van der Waals surface area contributed by atoms with Crippen molar-refractivity contribution in [3.63, 3.8) is 0 Å². The lowest BCUT2D eigenvalue weighted by Gasteiger charge is -2.07. The smallest absolute Gasteiger partial charge is 0.255 e. The van der Waals surface area contributed by atoms with Crippen LogP contribution in [0.25, 0.3) is 0 Å². The molecule has 5 heteroatoms. The number of rotatable bonds is 3. The quantitative estimate of drug-likeness (QED) is 0.795. The first-order chi connectivity index (χ1) is 9.08. The minimum atomic E-state index is -0.267. The first-order valence-electron chi connectivity index (χ1n) is 5.51. The molecule has 2 aromatic carbocycles. The van der Waals surface area contributed by atoms with Crippen LogP contribution in [0.15, 0.2) is 42.5 Å². The molecule has 0 spiro atoms. The molecule has 0 aliphatic rings. The number of hydrogen-bond acceptors (Lipinski definition) is 1. The van der Waals surface area contributed by atoms with E-state index < -0.39 is 0 Å². The fourth-order valence-electron chi connectivity index (χ4n) is 1.62. The van der Waals surface area contributed by atoms with Crippen LogP contribution in [0.3, 0.4) is 0 Å². The molecule has 0 heterocycles. The third-order valence-corrected chi connectivity index (χ3v) is 3.21. The van der Waals surface area contributed by atoms with Crippen molar-refractivity contribution in [2.45, 2.75) is 5.88 Å². The SMILES string of the molecule is O=C(Nc1cccc(CCl)c1)c1cc(Cl)cc(Cl)c1. The molecule has 0 bridgehead atoms. The summed E-state index contributed by atoms with van der Waals surface area (Å²) < 4.78 is 0. The molecular weight excluding hydrogens is 305 g/mol. The van der Waals surface area contributed by atoms with Gasteiger partial charge < -0.3 is 5.32 Å². The highest BCUT2D eigenvalue weighted by atomic mass is 35.5. The van der Waals surface area contributed by atoms with Gasteiger partial charge in [0.2, 0.25) is 0 Å². The Morgan fingerprint density at radius 3 is 2.37 bits per heavy atom. The third kappa shape index (κ3) is 3.87. The Morgan fingerprint density at radius 2 is 1.74 bits per heavy atom. The van der Waals surface area contributed by atoms with E-state index in [-0.39, 0.29) is 5.91 Å². The summed E-state index contributed by atoms with van der Waals surface area (Å²) in [5, 5.41) is 3.62. The number of alkyl halides is 1. The molecule has 0 atom stereocenters. The predicted octanol–water partition coefficient (Wildman–Crippen LogP) is 4.98. The largest absolute Gasteiger partial charge is 0.322 e. The molecule has 2 aromatic rings. The van der Waals surface area contributed by atoms with Gasteiger partial charge in [0.1, 0.15) is 0 Å². The number of hydrogen-bond donors (Lipinski definition) is 1. The van der Waals surface area contributed by atoms with Crippen molar-refractivity contribution in [3.05, 3.63) is 63.6 Å². The summed E-state index contributed by atoms with van der Waals surface area (Å²) >= 11 is 17.5. The van der Waals surface area contributed by atoms with Crippen molar-refractivity contribution in [2.24, 2.45) is 0 Å². The van der Waals surface area contributed by atoms with Gasteiger partial charge in [-0.25, -0.2) is 0 Å². The van der Waals surface area contributed by atoms with Gasteiger partial charge in [-0.1, -0.05) is 35.3 Å². The average molecular weight is 315 g/mol.